The second-order valence-electron chi connectivity index (χ2n) is 8.73. The van der Waals surface area contributed by atoms with Gasteiger partial charge in [-0.05, 0) is 42.5 Å². The zero-order chi connectivity index (χ0) is 22.7. The van der Waals surface area contributed by atoms with E-state index in [4.69, 9.17) is 0 Å². The predicted octanol–water partition coefficient (Wildman–Crippen LogP) is 3.04. The van der Waals surface area contributed by atoms with Crippen LogP contribution < -0.4 is 0 Å². The maximum atomic E-state index is 13.6. The van der Waals surface area contributed by atoms with Gasteiger partial charge in [0.25, 0.3) is 5.91 Å². The van der Waals surface area contributed by atoms with Crippen molar-refractivity contribution in [3.63, 3.8) is 0 Å². The van der Waals surface area contributed by atoms with E-state index in [9.17, 15) is 9.59 Å². The van der Waals surface area contributed by atoms with Crippen molar-refractivity contribution in [3.05, 3.63) is 72.3 Å². The monoisotopic (exact) mass is 431 g/mol. The Morgan fingerprint density at radius 2 is 1.91 bits per heavy atom. The van der Waals surface area contributed by atoms with E-state index in [1.54, 1.807) is 49.2 Å². The number of pyridine rings is 1. The van der Waals surface area contributed by atoms with Gasteiger partial charge in [-0.1, -0.05) is 30.3 Å². The van der Waals surface area contributed by atoms with Crippen LogP contribution in [0.3, 0.4) is 0 Å². The minimum Gasteiger partial charge on any atom is -0.348 e. The standard InChI is InChI=1S/C25H29N5O2/c1-28(2)24(32)25(12-7-15-30(18-25)23(31)22-11-14-27-29(22)3)16-19-8-4-5-10-21(19)20-9-6-13-26-17-20/h4-6,8-11,13-14,17H,7,12,15-16,18H2,1-3H3/t25-/m1/s1. The highest BCUT2D eigenvalue weighted by atomic mass is 16.2. The van der Waals surface area contributed by atoms with Crippen LogP contribution in [0.25, 0.3) is 11.1 Å². The van der Waals surface area contributed by atoms with Gasteiger partial charge in [-0.3, -0.25) is 19.3 Å². The van der Waals surface area contributed by atoms with Gasteiger partial charge in [0.2, 0.25) is 5.91 Å². The molecule has 2 amide bonds. The van der Waals surface area contributed by atoms with Crippen molar-refractivity contribution in [1.29, 1.82) is 0 Å². The summed E-state index contributed by atoms with van der Waals surface area (Å²) in [7, 11) is 5.34. The van der Waals surface area contributed by atoms with Crippen LogP contribution in [-0.2, 0) is 18.3 Å². The highest BCUT2D eigenvalue weighted by Gasteiger charge is 2.45. The number of likely N-dealkylation sites (tertiary alicyclic amines) is 1. The zero-order valence-corrected chi connectivity index (χ0v) is 18.9. The van der Waals surface area contributed by atoms with E-state index in [0.29, 0.717) is 25.2 Å². The van der Waals surface area contributed by atoms with E-state index < -0.39 is 5.41 Å². The Hall–Kier alpha value is -3.48. The van der Waals surface area contributed by atoms with E-state index >= 15 is 0 Å². The predicted molar refractivity (Wildman–Crippen MR) is 123 cm³/mol. The molecule has 7 nitrogen and oxygen atoms in total. The van der Waals surface area contributed by atoms with Crippen molar-refractivity contribution in [2.24, 2.45) is 12.5 Å². The number of hydrogen-bond acceptors (Lipinski definition) is 4. The van der Waals surface area contributed by atoms with E-state index in [0.717, 1.165) is 29.5 Å². The second kappa shape index (κ2) is 8.94. The van der Waals surface area contributed by atoms with Crippen molar-refractivity contribution >= 4 is 11.8 Å². The molecular formula is C25H29N5O2. The summed E-state index contributed by atoms with van der Waals surface area (Å²) in [5, 5.41) is 4.13. The number of benzene rings is 1. The van der Waals surface area contributed by atoms with Gasteiger partial charge >= 0.3 is 0 Å². The molecule has 1 atom stereocenters. The lowest BCUT2D eigenvalue weighted by atomic mass is 9.73. The highest BCUT2D eigenvalue weighted by molar-refractivity contribution is 5.93. The summed E-state index contributed by atoms with van der Waals surface area (Å²) >= 11 is 0. The molecule has 3 heterocycles. The van der Waals surface area contributed by atoms with Crippen molar-refractivity contribution in [3.8, 4) is 11.1 Å². The molecule has 0 unspecified atom stereocenters. The summed E-state index contributed by atoms with van der Waals surface area (Å²) in [6.45, 7) is 1.02. The quantitative estimate of drug-likeness (QED) is 0.623. The number of piperidine rings is 1. The van der Waals surface area contributed by atoms with Crippen molar-refractivity contribution < 1.29 is 9.59 Å². The van der Waals surface area contributed by atoms with Crippen LogP contribution in [0.15, 0.2) is 61.1 Å². The van der Waals surface area contributed by atoms with Crippen molar-refractivity contribution in [2.45, 2.75) is 19.3 Å². The van der Waals surface area contributed by atoms with Crippen molar-refractivity contribution in [1.82, 2.24) is 24.6 Å². The number of nitrogens with zero attached hydrogens (tertiary/aromatic N) is 5. The molecule has 1 saturated heterocycles. The Kier molecular flexibility index (Phi) is 6.08. The molecule has 0 N–H and O–H groups in total. The first-order valence-corrected chi connectivity index (χ1v) is 10.9. The van der Waals surface area contributed by atoms with Crippen LogP contribution in [0.2, 0.25) is 0 Å². The Labute approximate surface area is 188 Å². The molecule has 1 fully saturated rings. The number of rotatable bonds is 5. The number of hydrogen-bond donors (Lipinski definition) is 0. The van der Waals surface area contributed by atoms with E-state index in [2.05, 4.69) is 22.2 Å². The third-order valence-corrected chi connectivity index (χ3v) is 6.28. The van der Waals surface area contributed by atoms with Gasteiger partial charge in [0.05, 0.1) is 5.41 Å². The van der Waals surface area contributed by atoms with E-state index in [-0.39, 0.29) is 11.8 Å². The Bertz CT molecular complexity index is 1110. The molecule has 1 aliphatic heterocycles. The summed E-state index contributed by atoms with van der Waals surface area (Å²) in [4.78, 5) is 34.5. The first kappa shape index (κ1) is 21.7. The molecule has 32 heavy (non-hydrogen) atoms. The highest BCUT2D eigenvalue weighted by Crippen LogP contribution is 2.38. The van der Waals surface area contributed by atoms with Crippen LogP contribution >= 0.6 is 0 Å². The van der Waals surface area contributed by atoms with Crippen LogP contribution in [0.4, 0.5) is 0 Å². The van der Waals surface area contributed by atoms with Gasteiger partial charge in [-0.25, -0.2) is 0 Å². The molecule has 3 aromatic rings. The molecular weight excluding hydrogens is 402 g/mol. The third-order valence-electron chi connectivity index (χ3n) is 6.28. The number of carbonyl (C=O) groups excluding carboxylic acids is 2. The van der Waals surface area contributed by atoms with Gasteiger partial charge in [-0.15, -0.1) is 0 Å². The SMILES string of the molecule is CN(C)C(=O)[C@@]1(Cc2ccccc2-c2cccnc2)CCCN(C(=O)c2ccnn2C)C1. The second-order valence-corrected chi connectivity index (χ2v) is 8.73. The van der Waals surface area contributed by atoms with E-state index in [1.165, 1.54) is 0 Å². The Morgan fingerprint density at radius 1 is 1.09 bits per heavy atom. The molecule has 2 aromatic heterocycles. The molecule has 1 aromatic carbocycles. The number of carbonyl (C=O) groups is 2. The van der Waals surface area contributed by atoms with E-state index in [1.807, 2.05) is 35.4 Å². The normalized spacial score (nSPS) is 18.4. The first-order valence-electron chi connectivity index (χ1n) is 10.9. The number of aryl methyl sites for hydroxylation is 1. The fourth-order valence-corrected chi connectivity index (χ4v) is 4.76. The molecule has 0 bridgehead atoms. The summed E-state index contributed by atoms with van der Waals surface area (Å²) in [6, 6.07) is 13.8. The molecule has 0 aliphatic carbocycles. The summed E-state index contributed by atoms with van der Waals surface area (Å²) in [5.74, 6) is -0.0258. The number of aromatic nitrogens is 3. The smallest absolute Gasteiger partial charge is 0.272 e. The van der Waals surface area contributed by atoms with Crippen LogP contribution in [0.1, 0.15) is 28.9 Å². The molecule has 0 spiro atoms. The van der Waals surface area contributed by atoms with Crippen LogP contribution in [0, 0.1) is 5.41 Å². The van der Waals surface area contributed by atoms with Crippen LogP contribution in [0.5, 0.6) is 0 Å². The van der Waals surface area contributed by atoms with Gasteiger partial charge in [0, 0.05) is 58.4 Å². The average Bonchev–Trinajstić information content (AvgIpc) is 3.25. The Morgan fingerprint density at radius 3 is 2.59 bits per heavy atom. The molecule has 166 valence electrons. The fraction of sp³-hybridized carbons (Fsp3) is 0.360. The minimum absolute atomic E-state index is 0.0565. The topological polar surface area (TPSA) is 71.3 Å². The maximum absolute atomic E-state index is 13.6. The summed E-state index contributed by atoms with van der Waals surface area (Å²) < 4.78 is 1.59. The van der Waals surface area contributed by atoms with Gasteiger partial charge < -0.3 is 9.80 Å². The summed E-state index contributed by atoms with van der Waals surface area (Å²) in [5.41, 5.74) is 3.03. The van der Waals surface area contributed by atoms with Crippen molar-refractivity contribution in [2.75, 3.05) is 27.2 Å². The van der Waals surface area contributed by atoms with Crippen LogP contribution in [-0.4, -0.2) is 63.6 Å². The Balaban J connectivity index is 1.70. The van der Waals surface area contributed by atoms with Gasteiger partial charge in [0.15, 0.2) is 0 Å². The average molecular weight is 432 g/mol. The maximum Gasteiger partial charge on any atom is 0.272 e. The molecule has 1 aliphatic rings. The minimum atomic E-state index is -0.686. The molecule has 7 heteroatoms. The van der Waals surface area contributed by atoms with Gasteiger partial charge in [-0.2, -0.15) is 5.10 Å². The molecule has 4 rings (SSSR count). The molecule has 0 saturated carbocycles. The fourth-order valence-electron chi connectivity index (χ4n) is 4.76. The zero-order valence-electron chi connectivity index (χ0n) is 18.9. The third kappa shape index (κ3) is 4.15. The lowest BCUT2D eigenvalue weighted by Crippen LogP contribution is -2.54. The summed E-state index contributed by atoms with van der Waals surface area (Å²) in [6.07, 6.45) is 7.30. The lowest BCUT2D eigenvalue weighted by Gasteiger charge is -2.43. The lowest BCUT2D eigenvalue weighted by molar-refractivity contribution is -0.142. The number of amides is 2. The first-order chi connectivity index (χ1) is 15.4. The largest absolute Gasteiger partial charge is 0.348 e. The molecule has 0 radical (unpaired) electrons. The van der Waals surface area contributed by atoms with Gasteiger partial charge in [0.1, 0.15) is 5.69 Å².